The molecule has 6 nitrogen and oxygen atoms in total. The van der Waals surface area contributed by atoms with Gasteiger partial charge in [-0.2, -0.15) is 5.10 Å². The van der Waals surface area contributed by atoms with Gasteiger partial charge in [0.05, 0.1) is 6.54 Å². The summed E-state index contributed by atoms with van der Waals surface area (Å²) in [6.07, 6.45) is 7.34. The summed E-state index contributed by atoms with van der Waals surface area (Å²) in [6.45, 7) is 3.40. The molecule has 1 saturated carbocycles. The number of carbonyl (C=O) groups excluding carboxylic acids is 1. The summed E-state index contributed by atoms with van der Waals surface area (Å²) in [6, 6.07) is 0.169. The highest BCUT2D eigenvalue weighted by atomic mass is 16.5. The van der Waals surface area contributed by atoms with Crippen LogP contribution in [-0.2, 0) is 29.1 Å². The van der Waals surface area contributed by atoms with Crippen molar-refractivity contribution < 1.29 is 9.53 Å². The Hall–Kier alpha value is -1.43. The molecule has 0 bridgehead atoms. The van der Waals surface area contributed by atoms with Crippen LogP contribution in [0.5, 0.6) is 0 Å². The maximum absolute atomic E-state index is 12.3. The van der Waals surface area contributed by atoms with Crippen molar-refractivity contribution in [3.8, 4) is 0 Å². The van der Waals surface area contributed by atoms with E-state index in [0.29, 0.717) is 19.6 Å². The highest BCUT2D eigenvalue weighted by Crippen LogP contribution is 2.40. The smallest absolute Gasteiger partial charge is 0.220 e. The van der Waals surface area contributed by atoms with Crippen molar-refractivity contribution >= 4 is 5.91 Å². The van der Waals surface area contributed by atoms with E-state index in [1.807, 2.05) is 4.68 Å². The molecule has 0 spiro atoms. The Bertz CT molecular complexity index is 534. The van der Waals surface area contributed by atoms with Crippen molar-refractivity contribution in [3.63, 3.8) is 0 Å². The lowest BCUT2D eigenvalue weighted by molar-refractivity contribution is -0.124. The van der Waals surface area contributed by atoms with Crippen LogP contribution < -0.4 is 5.32 Å². The molecule has 1 N–H and O–H groups in total. The number of nitrogens with zero attached hydrogens (tertiary/aromatic N) is 3. The van der Waals surface area contributed by atoms with E-state index in [0.717, 1.165) is 24.5 Å². The maximum Gasteiger partial charge on any atom is 0.220 e. The highest BCUT2D eigenvalue weighted by Gasteiger charge is 2.32. The lowest BCUT2D eigenvalue weighted by Crippen LogP contribution is -2.42. The average Bonchev–Trinajstić information content (AvgIpc) is 3.04. The predicted octanol–water partition coefficient (Wildman–Crippen LogP) is 1.83. The lowest BCUT2D eigenvalue weighted by Gasteiger charge is -2.27. The van der Waals surface area contributed by atoms with Gasteiger partial charge < -0.3 is 10.1 Å². The number of hydrogen-bond donors (Lipinski definition) is 1. The molecule has 3 rings (SSSR count). The topological polar surface area (TPSA) is 69.0 Å². The summed E-state index contributed by atoms with van der Waals surface area (Å²) < 4.78 is 6.99. The molecule has 2 heterocycles. The van der Waals surface area contributed by atoms with Crippen molar-refractivity contribution in [2.75, 3.05) is 7.11 Å². The first kappa shape index (κ1) is 15.5. The molecule has 0 radical (unpaired) electrons. The minimum Gasteiger partial charge on any atom is -0.377 e. The molecule has 122 valence electrons. The second kappa shape index (κ2) is 6.36. The number of aryl methyl sites for hydroxylation is 1. The summed E-state index contributed by atoms with van der Waals surface area (Å²) in [5, 5.41) is 7.64. The van der Waals surface area contributed by atoms with Crippen LogP contribution >= 0.6 is 0 Å². The third-order valence-electron chi connectivity index (χ3n) is 4.94. The van der Waals surface area contributed by atoms with Gasteiger partial charge in [-0.25, -0.2) is 9.67 Å². The zero-order valence-electron chi connectivity index (χ0n) is 13.6. The van der Waals surface area contributed by atoms with Crippen molar-refractivity contribution in [1.29, 1.82) is 0 Å². The van der Waals surface area contributed by atoms with Gasteiger partial charge in [0.1, 0.15) is 12.4 Å². The second-order valence-electron chi connectivity index (χ2n) is 7.06. The monoisotopic (exact) mass is 306 g/mol. The third kappa shape index (κ3) is 3.48. The Labute approximate surface area is 131 Å². The molecule has 1 aliphatic heterocycles. The number of nitrogens with one attached hydrogen (secondary N) is 1. The summed E-state index contributed by atoms with van der Waals surface area (Å²) in [4.78, 5) is 16.8. The second-order valence-corrected chi connectivity index (χ2v) is 7.06. The van der Waals surface area contributed by atoms with Crippen molar-refractivity contribution in [2.24, 2.45) is 5.41 Å². The van der Waals surface area contributed by atoms with Crippen molar-refractivity contribution in [3.05, 3.63) is 11.6 Å². The largest absolute Gasteiger partial charge is 0.377 e. The van der Waals surface area contributed by atoms with E-state index in [2.05, 4.69) is 22.3 Å². The molecule has 22 heavy (non-hydrogen) atoms. The quantitative estimate of drug-likeness (QED) is 0.901. The van der Waals surface area contributed by atoms with Gasteiger partial charge in [-0.15, -0.1) is 0 Å². The van der Waals surface area contributed by atoms with Crippen LogP contribution in [0.25, 0.3) is 0 Å². The van der Waals surface area contributed by atoms with Crippen LogP contribution in [0.3, 0.4) is 0 Å². The van der Waals surface area contributed by atoms with E-state index in [4.69, 9.17) is 4.74 Å². The summed E-state index contributed by atoms with van der Waals surface area (Å²) in [5.74, 6) is 1.92. The Kier molecular flexibility index (Phi) is 4.47. The molecular weight excluding hydrogens is 280 g/mol. The van der Waals surface area contributed by atoms with Crippen LogP contribution in [0.15, 0.2) is 0 Å². The first-order chi connectivity index (χ1) is 10.6. The predicted molar refractivity (Wildman–Crippen MR) is 82.2 cm³/mol. The first-order valence-corrected chi connectivity index (χ1v) is 8.29. The summed E-state index contributed by atoms with van der Waals surface area (Å²) in [7, 11) is 1.65. The number of rotatable bonds is 5. The van der Waals surface area contributed by atoms with Gasteiger partial charge in [-0.05, 0) is 24.7 Å². The minimum absolute atomic E-state index is 0.169. The number of amides is 1. The number of ether oxygens (including phenoxy) is 1. The number of hydrogen-bond acceptors (Lipinski definition) is 4. The highest BCUT2D eigenvalue weighted by molar-refractivity contribution is 5.77. The fourth-order valence-corrected chi connectivity index (χ4v) is 3.74. The Morgan fingerprint density at radius 2 is 2.23 bits per heavy atom. The van der Waals surface area contributed by atoms with Gasteiger partial charge in [-0.1, -0.05) is 19.8 Å². The molecule has 1 amide bonds. The number of methoxy groups -OCH3 is 1. The Balaban J connectivity index is 1.54. The Morgan fingerprint density at radius 1 is 1.45 bits per heavy atom. The standard InChI is InChI=1S/C16H26N4O2/c1-16(7-3-4-8-16)9-15(21)17-12-5-6-14-18-13(11-22-2)19-20(14)10-12/h12H,3-11H2,1-2H3,(H,17,21). The van der Waals surface area contributed by atoms with Crippen molar-refractivity contribution in [2.45, 2.75) is 71.1 Å². The number of carbonyl (C=O) groups is 1. The molecule has 1 unspecified atom stereocenters. The van der Waals surface area contributed by atoms with Crippen LogP contribution in [0.4, 0.5) is 0 Å². The van der Waals surface area contributed by atoms with Gasteiger partial charge in [0.25, 0.3) is 0 Å². The zero-order valence-corrected chi connectivity index (χ0v) is 13.6. The third-order valence-corrected chi connectivity index (χ3v) is 4.94. The molecule has 0 aromatic carbocycles. The van der Waals surface area contributed by atoms with Gasteiger partial charge in [0, 0.05) is 26.0 Å². The summed E-state index contributed by atoms with van der Waals surface area (Å²) in [5.41, 5.74) is 0.211. The number of fused-ring (bicyclic) bond motifs is 1. The van der Waals surface area contributed by atoms with Gasteiger partial charge in [0.15, 0.2) is 5.82 Å². The molecule has 1 fully saturated rings. The Morgan fingerprint density at radius 3 is 2.95 bits per heavy atom. The van der Waals surface area contributed by atoms with E-state index in [-0.39, 0.29) is 17.4 Å². The lowest BCUT2D eigenvalue weighted by atomic mass is 9.85. The average molecular weight is 306 g/mol. The SMILES string of the molecule is COCc1nc2n(n1)CC(NC(=O)CC1(C)CCCC1)CC2. The van der Waals surface area contributed by atoms with Crippen LogP contribution in [0.1, 0.15) is 57.1 Å². The molecule has 1 aliphatic carbocycles. The van der Waals surface area contributed by atoms with Gasteiger partial charge >= 0.3 is 0 Å². The summed E-state index contributed by atoms with van der Waals surface area (Å²) >= 11 is 0. The fraction of sp³-hybridized carbons (Fsp3) is 0.812. The fourth-order valence-electron chi connectivity index (χ4n) is 3.74. The molecule has 0 saturated heterocycles. The van der Waals surface area contributed by atoms with Gasteiger partial charge in [-0.3, -0.25) is 4.79 Å². The number of aromatic nitrogens is 3. The molecule has 6 heteroatoms. The van der Waals surface area contributed by atoms with E-state index in [9.17, 15) is 4.79 Å². The maximum atomic E-state index is 12.3. The van der Waals surface area contributed by atoms with E-state index < -0.39 is 0 Å². The van der Waals surface area contributed by atoms with Crippen molar-refractivity contribution in [1.82, 2.24) is 20.1 Å². The van der Waals surface area contributed by atoms with Gasteiger partial charge in [0.2, 0.25) is 5.91 Å². The molecule has 1 aromatic rings. The van der Waals surface area contributed by atoms with E-state index in [1.165, 1.54) is 25.7 Å². The molecular formula is C16H26N4O2. The zero-order chi connectivity index (χ0) is 15.6. The van der Waals surface area contributed by atoms with Crippen LogP contribution in [-0.4, -0.2) is 33.8 Å². The van der Waals surface area contributed by atoms with E-state index >= 15 is 0 Å². The molecule has 1 atom stereocenters. The normalized spacial score (nSPS) is 23.3. The molecule has 2 aliphatic rings. The first-order valence-electron chi connectivity index (χ1n) is 8.29. The van der Waals surface area contributed by atoms with E-state index in [1.54, 1.807) is 7.11 Å². The minimum atomic E-state index is 0.169. The molecule has 1 aromatic heterocycles. The van der Waals surface area contributed by atoms with Crippen LogP contribution in [0, 0.1) is 5.41 Å². The van der Waals surface area contributed by atoms with Crippen LogP contribution in [0.2, 0.25) is 0 Å².